The third kappa shape index (κ3) is 4.09. The summed E-state index contributed by atoms with van der Waals surface area (Å²) in [6.45, 7) is 0.399. The van der Waals surface area contributed by atoms with E-state index in [-0.39, 0.29) is 41.4 Å². The molecule has 1 aliphatic rings. The summed E-state index contributed by atoms with van der Waals surface area (Å²) in [5, 5.41) is 23.9. The van der Waals surface area contributed by atoms with Gasteiger partial charge in [-0.25, -0.2) is 19.3 Å². The molecule has 0 unspecified atom stereocenters. The zero-order chi connectivity index (χ0) is 24.7. The molecule has 0 atom stereocenters. The van der Waals surface area contributed by atoms with E-state index in [0.717, 1.165) is 6.07 Å². The largest absolute Gasteiger partial charge is 0.493 e. The van der Waals surface area contributed by atoms with Crippen molar-refractivity contribution >= 4 is 39.9 Å². The third-order valence-corrected chi connectivity index (χ3v) is 6.40. The highest BCUT2D eigenvalue weighted by Gasteiger charge is 2.36. The molecular weight excluding hydrogens is 479 g/mol. The number of thiazole rings is 1. The number of pyridine rings is 3. The Morgan fingerprint density at radius 3 is 2.80 bits per heavy atom. The Kier molecular flexibility index (Phi) is 5.88. The fraction of sp³-hybridized carbons (Fsp3) is 0.227. The number of aromatic nitrogens is 4. The molecule has 180 valence electrons. The first kappa shape index (κ1) is 22.8. The summed E-state index contributed by atoms with van der Waals surface area (Å²) in [7, 11) is 1.47. The van der Waals surface area contributed by atoms with Crippen LogP contribution in [0.2, 0.25) is 0 Å². The second kappa shape index (κ2) is 9.02. The zero-order valence-corrected chi connectivity index (χ0v) is 19.1. The lowest BCUT2D eigenvalue weighted by atomic mass is 9.99. The van der Waals surface area contributed by atoms with Gasteiger partial charge >= 0.3 is 0 Å². The predicted octanol–water partition coefficient (Wildman–Crippen LogP) is 1.44. The number of ether oxygens (including phenoxy) is 1. The molecule has 1 amide bonds. The molecule has 4 aromatic heterocycles. The number of carbonyl (C=O) groups excluding carboxylic acids is 1. The van der Waals surface area contributed by atoms with Crippen LogP contribution in [0.15, 0.2) is 47.0 Å². The van der Waals surface area contributed by atoms with Crippen LogP contribution in [0, 0.1) is 11.7 Å². The quantitative estimate of drug-likeness (QED) is 0.337. The van der Waals surface area contributed by atoms with Crippen molar-refractivity contribution in [3.63, 3.8) is 0 Å². The van der Waals surface area contributed by atoms with E-state index in [1.165, 1.54) is 35.4 Å². The molecule has 4 aromatic rings. The number of hydrogen-bond donors (Lipinski definition) is 3. The summed E-state index contributed by atoms with van der Waals surface area (Å²) in [4.78, 5) is 39.6. The maximum atomic E-state index is 15.0. The van der Waals surface area contributed by atoms with Crippen LogP contribution in [-0.2, 0) is 4.79 Å². The molecule has 0 spiro atoms. The van der Waals surface area contributed by atoms with Crippen molar-refractivity contribution in [1.82, 2.24) is 19.5 Å². The Morgan fingerprint density at radius 1 is 1.31 bits per heavy atom. The number of hydrogen-bond acceptors (Lipinski definition) is 10. The minimum Gasteiger partial charge on any atom is -0.493 e. The van der Waals surface area contributed by atoms with Crippen molar-refractivity contribution in [2.24, 2.45) is 5.92 Å². The van der Waals surface area contributed by atoms with Gasteiger partial charge in [-0.3, -0.25) is 14.2 Å². The Labute approximate surface area is 201 Å². The van der Waals surface area contributed by atoms with E-state index in [2.05, 4.69) is 20.3 Å². The van der Waals surface area contributed by atoms with Gasteiger partial charge in [0, 0.05) is 37.1 Å². The molecule has 1 aliphatic heterocycles. The lowest BCUT2D eigenvalue weighted by molar-refractivity contribution is -0.120. The summed E-state index contributed by atoms with van der Waals surface area (Å²) >= 11 is 1.23. The van der Waals surface area contributed by atoms with Gasteiger partial charge in [-0.05, 0) is 18.2 Å². The Morgan fingerprint density at radius 2 is 2.11 bits per heavy atom. The van der Waals surface area contributed by atoms with Crippen molar-refractivity contribution in [2.75, 3.05) is 30.4 Å². The molecule has 1 saturated heterocycles. The summed E-state index contributed by atoms with van der Waals surface area (Å²) in [6, 6.07) is 4.37. The smallest absolute Gasteiger partial charge is 0.232 e. The lowest BCUT2D eigenvalue weighted by Gasteiger charge is -2.39. The van der Waals surface area contributed by atoms with Gasteiger partial charge in [-0.15, -0.1) is 11.3 Å². The molecule has 11 nitrogen and oxygen atoms in total. The van der Waals surface area contributed by atoms with E-state index in [9.17, 15) is 19.8 Å². The number of anilines is 2. The number of aliphatic hydroxyl groups excluding tert-OH is 1. The maximum Gasteiger partial charge on any atom is 0.232 e. The normalized spacial score (nSPS) is 13.8. The van der Waals surface area contributed by atoms with Crippen LogP contribution in [0.3, 0.4) is 0 Å². The van der Waals surface area contributed by atoms with E-state index in [1.807, 2.05) is 0 Å². The Hall–Kier alpha value is -3.94. The number of methoxy groups -OCH3 is 1. The molecule has 5 rings (SSSR count). The fourth-order valence-electron chi connectivity index (χ4n) is 3.81. The fourth-order valence-corrected chi connectivity index (χ4v) is 4.42. The highest BCUT2D eigenvalue weighted by atomic mass is 32.1. The number of halogens is 1. The van der Waals surface area contributed by atoms with E-state index in [4.69, 9.17) is 4.74 Å². The van der Waals surface area contributed by atoms with Crippen LogP contribution < -0.4 is 20.4 Å². The first-order valence-electron chi connectivity index (χ1n) is 10.4. The van der Waals surface area contributed by atoms with Gasteiger partial charge in [-0.1, -0.05) is 0 Å². The van der Waals surface area contributed by atoms with Gasteiger partial charge in [0.1, 0.15) is 0 Å². The Bertz CT molecular complexity index is 1470. The monoisotopic (exact) mass is 498 g/mol. The molecule has 13 heteroatoms. The predicted molar refractivity (Wildman–Crippen MR) is 125 cm³/mol. The third-order valence-electron chi connectivity index (χ3n) is 5.63. The summed E-state index contributed by atoms with van der Waals surface area (Å²) in [6.07, 6.45) is 2.25. The molecule has 0 saturated carbocycles. The Balaban J connectivity index is 1.44. The maximum absolute atomic E-state index is 15.0. The summed E-state index contributed by atoms with van der Waals surface area (Å²) < 4.78 is 21.6. The average molecular weight is 498 g/mol. The van der Waals surface area contributed by atoms with Crippen LogP contribution >= 0.6 is 11.3 Å². The SMILES string of the molecule is COc1cccnc1NC(=O)C1CN(c2nc3c(cc2F)c(=O)c(C(O)O)cn3-c2nccs2)C1. The van der Waals surface area contributed by atoms with Gasteiger partial charge in [0.15, 0.2) is 45.7 Å². The minimum absolute atomic E-state index is 0.0287. The molecule has 0 aliphatic carbocycles. The number of nitrogens with one attached hydrogen (secondary N) is 1. The van der Waals surface area contributed by atoms with Gasteiger partial charge < -0.3 is 25.2 Å². The van der Waals surface area contributed by atoms with E-state index < -0.39 is 23.5 Å². The topological polar surface area (TPSA) is 143 Å². The van der Waals surface area contributed by atoms with Crippen molar-refractivity contribution in [3.8, 4) is 10.9 Å². The zero-order valence-electron chi connectivity index (χ0n) is 18.3. The molecular formula is C22H19FN6O5S. The molecule has 35 heavy (non-hydrogen) atoms. The van der Waals surface area contributed by atoms with Crippen LogP contribution in [-0.4, -0.2) is 55.8 Å². The highest BCUT2D eigenvalue weighted by Crippen LogP contribution is 2.30. The minimum atomic E-state index is -2.05. The molecule has 1 fully saturated rings. The lowest BCUT2D eigenvalue weighted by Crippen LogP contribution is -2.52. The van der Waals surface area contributed by atoms with Crippen molar-refractivity contribution < 1.29 is 24.1 Å². The second-order valence-electron chi connectivity index (χ2n) is 7.78. The van der Waals surface area contributed by atoms with Crippen LogP contribution in [0.5, 0.6) is 5.75 Å². The number of amides is 1. The van der Waals surface area contributed by atoms with E-state index >= 15 is 4.39 Å². The number of aliphatic hydroxyl groups is 2. The molecule has 3 N–H and O–H groups in total. The number of rotatable bonds is 6. The molecule has 0 radical (unpaired) electrons. The van der Waals surface area contributed by atoms with Crippen LogP contribution in [0.1, 0.15) is 11.9 Å². The average Bonchev–Trinajstić information content (AvgIpc) is 3.34. The van der Waals surface area contributed by atoms with E-state index in [0.29, 0.717) is 16.7 Å². The van der Waals surface area contributed by atoms with Crippen molar-refractivity contribution in [2.45, 2.75) is 6.29 Å². The summed E-state index contributed by atoms with van der Waals surface area (Å²) in [5.74, 6) is -0.809. The number of carbonyl (C=O) groups is 1. The molecule has 5 heterocycles. The van der Waals surface area contributed by atoms with Crippen molar-refractivity contribution in [3.05, 3.63) is 63.8 Å². The van der Waals surface area contributed by atoms with Gasteiger partial charge in [0.25, 0.3) is 0 Å². The van der Waals surface area contributed by atoms with E-state index in [1.54, 1.807) is 28.6 Å². The van der Waals surface area contributed by atoms with Gasteiger partial charge in [-0.2, -0.15) is 0 Å². The first-order chi connectivity index (χ1) is 16.9. The number of fused-ring (bicyclic) bond motifs is 1. The van der Waals surface area contributed by atoms with Crippen molar-refractivity contribution in [1.29, 1.82) is 0 Å². The van der Waals surface area contributed by atoms with Gasteiger partial charge in [0.2, 0.25) is 5.91 Å². The standard InChI is InChI=1S/C22H19FN6O5S/c1-34-15-3-2-4-24-17(15)26-20(31)11-8-28(9-11)19-14(23)7-12-16(30)13(21(32)33)10-29(18(12)27-19)22-25-5-6-35-22/h2-7,10-11,21,32-33H,8-9H2,1H3,(H,24,26,31). The second-order valence-corrected chi connectivity index (χ2v) is 8.66. The summed E-state index contributed by atoms with van der Waals surface area (Å²) in [5.41, 5.74) is -0.963. The van der Waals surface area contributed by atoms with Crippen LogP contribution in [0.4, 0.5) is 16.0 Å². The molecule has 0 bridgehead atoms. The van der Waals surface area contributed by atoms with Crippen LogP contribution in [0.25, 0.3) is 16.2 Å². The highest BCUT2D eigenvalue weighted by molar-refractivity contribution is 7.12. The molecule has 0 aromatic carbocycles. The first-order valence-corrected chi connectivity index (χ1v) is 11.3. The van der Waals surface area contributed by atoms with Gasteiger partial charge in [0.05, 0.1) is 24.0 Å². The number of nitrogens with zero attached hydrogens (tertiary/aromatic N) is 5.